The zero-order chi connectivity index (χ0) is 13.1. The van der Waals surface area contributed by atoms with E-state index >= 15 is 0 Å². The molecule has 3 rings (SSSR count). The molecule has 0 bridgehead atoms. The average Bonchev–Trinajstić information content (AvgIpc) is 3.06. The number of nitrogens with two attached hydrogens (primary N) is 1. The molecule has 102 valence electrons. The summed E-state index contributed by atoms with van der Waals surface area (Å²) < 4.78 is 10.8. The number of nitrogens with zero attached hydrogens (tertiary/aromatic N) is 1. The largest absolute Gasteiger partial charge is 0.454 e. The van der Waals surface area contributed by atoms with Crippen LogP contribution in [0.4, 0.5) is 0 Å². The standard InChI is InChI=1S/C14H19N3O2/c15-14(17-11-5-1-2-6-11)16-8-10-4-3-7-12-13(10)19-9-18-12/h3-4,7,11H,1-2,5-6,8-9H2,(H3,15,16,17). The number of para-hydroxylation sites is 1. The van der Waals surface area contributed by atoms with Crippen molar-refractivity contribution in [1.29, 1.82) is 0 Å². The van der Waals surface area contributed by atoms with Crippen LogP contribution in [0.3, 0.4) is 0 Å². The van der Waals surface area contributed by atoms with Gasteiger partial charge in [-0.1, -0.05) is 25.0 Å². The molecule has 0 unspecified atom stereocenters. The highest BCUT2D eigenvalue weighted by molar-refractivity contribution is 5.78. The SMILES string of the molecule is NC(=NCc1cccc2c1OCO2)NC1CCCC1. The monoisotopic (exact) mass is 261 g/mol. The Labute approximate surface area is 112 Å². The number of fused-ring (bicyclic) bond motifs is 1. The molecule has 0 spiro atoms. The molecule has 1 heterocycles. The van der Waals surface area contributed by atoms with Crippen LogP contribution in [0.15, 0.2) is 23.2 Å². The molecule has 5 heteroatoms. The molecule has 1 aliphatic heterocycles. The number of nitrogens with one attached hydrogen (secondary N) is 1. The van der Waals surface area contributed by atoms with E-state index in [9.17, 15) is 0 Å². The third-order valence-electron chi connectivity index (χ3n) is 3.61. The van der Waals surface area contributed by atoms with Crippen LogP contribution in [0.25, 0.3) is 0 Å². The summed E-state index contributed by atoms with van der Waals surface area (Å²) in [6.07, 6.45) is 4.94. The number of rotatable bonds is 3. The highest BCUT2D eigenvalue weighted by atomic mass is 16.7. The first-order chi connectivity index (χ1) is 9.33. The summed E-state index contributed by atoms with van der Waals surface area (Å²) in [7, 11) is 0. The van der Waals surface area contributed by atoms with Crippen molar-refractivity contribution in [3.63, 3.8) is 0 Å². The summed E-state index contributed by atoms with van der Waals surface area (Å²) in [5.74, 6) is 2.10. The summed E-state index contributed by atoms with van der Waals surface area (Å²) >= 11 is 0. The predicted octanol–water partition coefficient (Wildman–Crippen LogP) is 1.76. The molecule has 0 aromatic heterocycles. The Morgan fingerprint density at radius 1 is 1.32 bits per heavy atom. The average molecular weight is 261 g/mol. The number of ether oxygens (including phenoxy) is 2. The van der Waals surface area contributed by atoms with Gasteiger partial charge in [-0.2, -0.15) is 0 Å². The first kappa shape index (κ1) is 12.1. The number of hydrogen-bond acceptors (Lipinski definition) is 3. The molecular weight excluding hydrogens is 242 g/mol. The molecule has 19 heavy (non-hydrogen) atoms. The fourth-order valence-electron chi connectivity index (χ4n) is 2.61. The molecule has 3 N–H and O–H groups in total. The van der Waals surface area contributed by atoms with Crippen molar-refractivity contribution in [2.24, 2.45) is 10.7 Å². The Balaban J connectivity index is 1.63. The molecule has 0 amide bonds. The van der Waals surface area contributed by atoms with Gasteiger partial charge in [0.05, 0.1) is 6.54 Å². The lowest BCUT2D eigenvalue weighted by atomic mass is 10.2. The molecule has 0 saturated heterocycles. The van der Waals surface area contributed by atoms with Crippen molar-refractivity contribution < 1.29 is 9.47 Å². The first-order valence-electron chi connectivity index (χ1n) is 6.77. The molecule has 0 atom stereocenters. The maximum Gasteiger partial charge on any atom is 0.231 e. The minimum atomic E-state index is 0.284. The molecule has 5 nitrogen and oxygen atoms in total. The van der Waals surface area contributed by atoms with E-state index in [1.54, 1.807) is 0 Å². The minimum absolute atomic E-state index is 0.284. The Bertz CT molecular complexity index is 482. The second-order valence-corrected chi connectivity index (χ2v) is 4.98. The van der Waals surface area contributed by atoms with Crippen LogP contribution in [0.5, 0.6) is 11.5 Å². The van der Waals surface area contributed by atoms with Gasteiger partial charge in [-0.15, -0.1) is 0 Å². The zero-order valence-electron chi connectivity index (χ0n) is 10.9. The minimum Gasteiger partial charge on any atom is -0.454 e. The van der Waals surface area contributed by atoms with Crippen LogP contribution in [0.2, 0.25) is 0 Å². The quantitative estimate of drug-likeness (QED) is 0.642. The molecule has 1 aliphatic carbocycles. The van der Waals surface area contributed by atoms with Gasteiger partial charge in [0.25, 0.3) is 0 Å². The van der Waals surface area contributed by atoms with Gasteiger partial charge in [0.1, 0.15) is 0 Å². The van der Waals surface area contributed by atoms with Crippen LogP contribution in [-0.2, 0) is 6.54 Å². The van der Waals surface area contributed by atoms with Gasteiger partial charge in [-0.05, 0) is 18.9 Å². The lowest BCUT2D eigenvalue weighted by Crippen LogP contribution is -2.38. The summed E-state index contributed by atoms with van der Waals surface area (Å²) in [5.41, 5.74) is 6.92. The van der Waals surface area contributed by atoms with E-state index in [2.05, 4.69) is 10.3 Å². The molecule has 1 saturated carbocycles. The van der Waals surface area contributed by atoms with Crippen molar-refractivity contribution >= 4 is 5.96 Å². The number of hydrogen-bond donors (Lipinski definition) is 2. The highest BCUT2D eigenvalue weighted by Gasteiger charge is 2.17. The van der Waals surface area contributed by atoms with Crippen LogP contribution < -0.4 is 20.5 Å². The Hall–Kier alpha value is -1.91. The van der Waals surface area contributed by atoms with E-state index in [0.29, 0.717) is 18.5 Å². The van der Waals surface area contributed by atoms with E-state index in [1.165, 1.54) is 25.7 Å². The summed E-state index contributed by atoms with van der Waals surface area (Å²) in [6, 6.07) is 6.32. The van der Waals surface area contributed by atoms with Gasteiger partial charge >= 0.3 is 0 Å². The fraction of sp³-hybridized carbons (Fsp3) is 0.500. The van der Waals surface area contributed by atoms with Gasteiger partial charge in [0, 0.05) is 11.6 Å². The zero-order valence-corrected chi connectivity index (χ0v) is 10.9. The maximum absolute atomic E-state index is 5.91. The van der Waals surface area contributed by atoms with E-state index in [0.717, 1.165) is 17.1 Å². The summed E-state index contributed by atoms with van der Waals surface area (Å²) in [6.45, 7) is 0.796. The van der Waals surface area contributed by atoms with Crippen molar-refractivity contribution in [3.05, 3.63) is 23.8 Å². The molecule has 1 aromatic rings. The topological polar surface area (TPSA) is 68.9 Å². The number of aliphatic imine (C=N–C) groups is 1. The molecule has 1 fully saturated rings. The van der Waals surface area contributed by atoms with Crippen molar-refractivity contribution in [1.82, 2.24) is 5.32 Å². The number of benzene rings is 1. The van der Waals surface area contributed by atoms with Gasteiger partial charge < -0.3 is 20.5 Å². The fourth-order valence-corrected chi connectivity index (χ4v) is 2.61. The predicted molar refractivity (Wildman–Crippen MR) is 73.3 cm³/mol. The first-order valence-corrected chi connectivity index (χ1v) is 6.77. The van der Waals surface area contributed by atoms with Crippen LogP contribution in [-0.4, -0.2) is 18.8 Å². The number of guanidine groups is 1. The summed E-state index contributed by atoms with van der Waals surface area (Å²) in [5, 5.41) is 3.27. The van der Waals surface area contributed by atoms with Gasteiger partial charge in [0.2, 0.25) is 6.79 Å². The molecule has 2 aliphatic rings. The molecule has 0 radical (unpaired) electrons. The lowest BCUT2D eigenvalue weighted by Gasteiger charge is -2.12. The molecular formula is C14H19N3O2. The second kappa shape index (κ2) is 5.38. The normalized spacial score (nSPS) is 18.8. The van der Waals surface area contributed by atoms with E-state index in [1.807, 2.05) is 18.2 Å². The Morgan fingerprint density at radius 2 is 2.16 bits per heavy atom. The Morgan fingerprint density at radius 3 is 3.00 bits per heavy atom. The van der Waals surface area contributed by atoms with E-state index in [-0.39, 0.29) is 6.79 Å². The van der Waals surface area contributed by atoms with Gasteiger partial charge in [-0.25, -0.2) is 4.99 Å². The van der Waals surface area contributed by atoms with E-state index in [4.69, 9.17) is 15.2 Å². The lowest BCUT2D eigenvalue weighted by molar-refractivity contribution is 0.173. The summed E-state index contributed by atoms with van der Waals surface area (Å²) in [4.78, 5) is 4.38. The van der Waals surface area contributed by atoms with E-state index < -0.39 is 0 Å². The van der Waals surface area contributed by atoms with Gasteiger partial charge in [0.15, 0.2) is 17.5 Å². The second-order valence-electron chi connectivity index (χ2n) is 4.98. The van der Waals surface area contributed by atoms with Gasteiger partial charge in [-0.3, -0.25) is 0 Å². The van der Waals surface area contributed by atoms with Crippen molar-refractivity contribution in [3.8, 4) is 11.5 Å². The maximum atomic E-state index is 5.91. The Kier molecular flexibility index (Phi) is 3.44. The van der Waals surface area contributed by atoms with Crippen LogP contribution >= 0.6 is 0 Å². The van der Waals surface area contributed by atoms with Crippen molar-refractivity contribution in [2.45, 2.75) is 38.3 Å². The third kappa shape index (κ3) is 2.75. The van der Waals surface area contributed by atoms with Crippen LogP contribution in [0, 0.1) is 0 Å². The third-order valence-corrected chi connectivity index (χ3v) is 3.61. The van der Waals surface area contributed by atoms with Crippen molar-refractivity contribution in [2.75, 3.05) is 6.79 Å². The molecule has 1 aromatic carbocycles. The highest BCUT2D eigenvalue weighted by Crippen LogP contribution is 2.35. The van der Waals surface area contributed by atoms with Crippen LogP contribution in [0.1, 0.15) is 31.2 Å². The smallest absolute Gasteiger partial charge is 0.231 e.